The standard InChI is InChI=1S/C21H29ClN2O4S/c1-15-13-24(14-16(2)28-15)29(26,27)20-12-18(8-9-19(20)22)21(25)23-11-10-17-6-4-3-5-7-17/h6,8-9,12,15-16H,3-5,7,10-11,13-14H2,1-2H3,(H,23,25)/t15-,16-/m1/s1. The molecule has 1 aliphatic heterocycles. The van der Waals surface area contributed by atoms with Gasteiger partial charge in [-0.05, 0) is 64.2 Å². The molecule has 1 aromatic carbocycles. The van der Waals surface area contributed by atoms with E-state index in [4.69, 9.17) is 16.3 Å². The third kappa shape index (κ3) is 5.60. The molecule has 0 bridgehead atoms. The predicted octanol–water partition coefficient (Wildman–Crippen LogP) is 3.76. The fourth-order valence-corrected chi connectivity index (χ4v) is 5.97. The summed E-state index contributed by atoms with van der Waals surface area (Å²) in [4.78, 5) is 12.5. The van der Waals surface area contributed by atoms with Gasteiger partial charge in [0, 0.05) is 25.2 Å². The van der Waals surface area contributed by atoms with Gasteiger partial charge < -0.3 is 10.1 Å². The number of benzene rings is 1. The van der Waals surface area contributed by atoms with Gasteiger partial charge in [0.05, 0.1) is 17.2 Å². The number of ether oxygens (including phenoxy) is 1. The number of nitrogens with one attached hydrogen (secondary N) is 1. The number of hydrogen-bond acceptors (Lipinski definition) is 4. The number of carbonyl (C=O) groups excluding carboxylic acids is 1. The van der Waals surface area contributed by atoms with Crippen LogP contribution in [-0.2, 0) is 14.8 Å². The zero-order valence-electron chi connectivity index (χ0n) is 17.0. The largest absolute Gasteiger partial charge is 0.373 e. The second-order valence-corrected chi connectivity index (χ2v) is 10.2. The van der Waals surface area contributed by atoms with Gasteiger partial charge >= 0.3 is 0 Å². The SMILES string of the molecule is C[C@@H]1CN(S(=O)(=O)c2cc(C(=O)NCCC3=CCCCC3)ccc2Cl)C[C@@H](C)O1. The van der Waals surface area contributed by atoms with Crippen LogP contribution in [0.1, 0.15) is 56.3 Å². The van der Waals surface area contributed by atoms with E-state index in [0.29, 0.717) is 12.1 Å². The number of nitrogens with zero attached hydrogens (tertiary/aromatic N) is 1. The maximum absolute atomic E-state index is 13.1. The lowest BCUT2D eigenvalue weighted by Gasteiger charge is -2.34. The Hall–Kier alpha value is -1.41. The second kappa shape index (κ2) is 9.60. The Morgan fingerprint density at radius 2 is 1.97 bits per heavy atom. The molecule has 160 valence electrons. The van der Waals surface area contributed by atoms with Crippen molar-refractivity contribution in [3.05, 3.63) is 40.4 Å². The summed E-state index contributed by atoms with van der Waals surface area (Å²) in [5.74, 6) is -0.293. The minimum absolute atomic E-state index is 0.0388. The Kier molecular flexibility index (Phi) is 7.37. The van der Waals surface area contributed by atoms with Crippen molar-refractivity contribution in [3.8, 4) is 0 Å². The smallest absolute Gasteiger partial charge is 0.251 e. The molecule has 0 aromatic heterocycles. The van der Waals surface area contributed by atoms with Crippen LogP contribution in [-0.4, -0.2) is 50.5 Å². The summed E-state index contributed by atoms with van der Waals surface area (Å²) >= 11 is 6.21. The number of carbonyl (C=O) groups is 1. The van der Waals surface area contributed by atoms with Gasteiger partial charge in [-0.3, -0.25) is 4.79 Å². The van der Waals surface area contributed by atoms with Crippen molar-refractivity contribution in [2.45, 2.75) is 63.1 Å². The van der Waals surface area contributed by atoms with E-state index in [2.05, 4.69) is 11.4 Å². The van der Waals surface area contributed by atoms with Crippen LogP contribution in [0.3, 0.4) is 0 Å². The minimum Gasteiger partial charge on any atom is -0.373 e. The zero-order valence-corrected chi connectivity index (χ0v) is 18.6. The molecule has 0 spiro atoms. The Morgan fingerprint density at radius 3 is 2.62 bits per heavy atom. The summed E-state index contributed by atoms with van der Waals surface area (Å²) in [6.07, 6.45) is 7.33. The first kappa shape index (κ1) is 22.3. The van der Waals surface area contributed by atoms with Crippen molar-refractivity contribution in [1.29, 1.82) is 0 Å². The number of sulfonamides is 1. The van der Waals surface area contributed by atoms with Gasteiger partial charge in [0.1, 0.15) is 4.90 Å². The van der Waals surface area contributed by atoms with Crippen LogP contribution in [0.25, 0.3) is 0 Å². The fraction of sp³-hybridized carbons (Fsp3) is 0.571. The highest BCUT2D eigenvalue weighted by Gasteiger charge is 2.33. The monoisotopic (exact) mass is 440 g/mol. The lowest BCUT2D eigenvalue weighted by molar-refractivity contribution is -0.0440. The molecule has 3 rings (SSSR count). The van der Waals surface area contributed by atoms with Gasteiger partial charge in [-0.15, -0.1) is 0 Å². The molecule has 29 heavy (non-hydrogen) atoms. The molecule has 6 nitrogen and oxygen atoms in total. The molecule has 0 radical (unpaired) electrons. The number of amides is 1. The quantitative estimate of drug-likeness (QED) is 0.683. The molecule has 1 N–H and O–H groups in total. The van der Waals surface area contributed by atoms with E-state index >= 15 is 0 Å². The molecular weight excluding hydrogens is 412 g/mol. The van der Waals surface area contributed by atoms with Crippen molar-refractivity contribution < 1.29 is 17.9 Å². The van der Waals surface area contributed by atoms with E-state index in [1.807, 2.05) is 13.8 Å². The fourth-order valence-electron chi connectivity index (χ4n) is 3.88. The van der Waals surface area contributed by atoms with Crippen molar-refractivity contribution in [2.75, 3.05) is 19.6 Å². The van der Waals surface area contributed by atoms with Crippen LogP contribution in [0.4, 0.5) is 0 Å². The molecular formula is C21H29ClN2O4S. The first-order chi connectivity index (χ1) is 13.8. The van der Waals surface area contributed by atoms with E-state index in [1.165, 1.54) is 34.9 Å². The van der Waals surface area contributed by atoms with Crippen LogP contribution < -0.4 is 5.32 Å². The Bertz CT molecular complexity index is 875. The van der Waals surface area contributed by atoms with Crippen LogP contribution in [0.2, 0.25) is 5.02 Å². The first-order valence-electron chi connectivity index (χ1n) is 10.2. The Labute approximate surface area is 178 Å². The molecule has 1 aromatic rings. The van der Waals surface area contributed by atoms with Gasteiger partial charge in [-0.1, -0.05) is 23.3 Å². The van der Waals surface area contributed by atoms with E-state index in [0.717, 1.165) is 19.3 Å². The molecule has 0 unspecified atom stereocenters. The molecule has 1 heterocycles. The molecule has 0 saturated carbocycles. The van der Waals surface area contributed by atoms with Gasteiger partial charge in [0.15, 0.2) is 0 Å². The van der Waals surface area contributed by atoms with Crippen LogP contribution in [0, 0.1) is 0 Å². The molecule has 2 aliphatic rings. The van der Waals surface area contributed by atoms with E-state index in [9.17, 15) is 13.2 Å². The maximum atomic E-state index is 13.1. The number of morpholine rings is 1. The summed E-state index contributed by atoms with van der Waals surface area (Å²) in [5, 5.41) is 3.00. The van der Waals surface area contributed by atoms with Gasteiger partial charge in [0.25, 0.3) is 5.91 Å². The number of halogens is 1. The Morgan fingerprint density at radius 1 is 1.24 bits per heavy atom. The minimum atomic E-state index is -3.82. The van der Waals surface area contributed by atoms with E-state index in [-0.39, 0.29) is 41.1 Å². The molecule has 8 heteroatoms. The second-order valence-electron chi connectivity index (χ2n) is 7.84. The lowest BCUT2D eigenvalue weighted by Crippen LogP contribution is -2.48. The van der Waals surface area contributed by atoms with Crippen LogP contribution in [0.15, 0.2) is 34.7 Å². The summed E-state index contributed by atoms with van der Waals surface area (Å²) in [6.45, 7) is 4.73. The van der Waals surface area contributed by atoms with E-state index < -0.39 is 10.0 Å². The van der Waals surface area contributed by atoms with Crippen LogP contribution >= 0.6 is 11.6 Å². The van der Waals surface area contributed by atoms with Gasteiger partial charge in [-0.25, -0.2) is 8.42 Å². The molecule has 1 saturated heterocycles. The summed E-state index contributed by atoms with van der Waals surface area (Å²) in [6, 6.07) is 4.40. The van der Waals surface area contributed by atoms with Gasteiger partial charge in [0.2, 0.25) is 10.0 Å². The molecule has 1 amide bonds. The molecule has 2 atom stereocenters. The number of hydrogen-bond donors (Lipinski definition) is 1. The average Bonchev–Trinajstić information content (AvgIpc) is 2.68. The number of allylic oxidation sites excluding steroid dienone is 1. The maximum Gasteiger partial charge on any atom is 0.251 e. The van der Waals surface area contributed by atoms with Crippen LogP contribution in [0.5, 0.6) is 0 Å². The summed E-state index contributed by atoms with van der Waals surface area (Å²) in [5.41, 5.74) is 1.67. The van der Waals surface area contributed by atoms with Crippen molar-refractivity contribution in [1.82, 2.24) is 9.62 Å². The highest BCUT2D eigenvalue weighted by Crippen LogP contribution is 2.28. The summed E-state index contributed by atoms with van der Waals surface area (Å²) in [7, 11) is -3.82. The lowest BCUT2D eigenvalue weighted by atomic mass is 9.97. The molecule has 1 fully saturated rings. The Balaban J connectivity index is 1.71. The molecule has 1 aliphatic carbocycles. The average molecular weight is 441 g/mol. The van der Waals surface area contributed by atoms with E-state index in [1.54, 1.807) is 6.07 Å². The van der Waals surface area contributed by atoms with Crippen molar-refractivity contribution in [2.24, 2.45) is 0 Å². The topological polar surface area (TPSA) is 75.7 Å². The zero-order chi connectivity index (χ0) is 21.0. The van der Waals surface area contributed by atoms with Crippen molar-refractivity contribution >= 4 is 27.5 Å². The highest BCUT2D eigenvalue weighted by atomic mass is 35.5. The highest BCUT2D eigenvalue weighted by molar-refractivity contribution is 7.89. The third-order valence-corrected chi connectivity index (χ3v) is 7.63. The predicted molar refractivity (Wildman–Crippen MR) is 114 cm³/mol. The normalized spacial score (nSPS) is 23.5. The third-order valence-electron chi connectivity index (χ3n) is 5.31. The first-order valence-corrected chi connectivity index (χ1v) is 12.0. The summed E-state index contributed by atoms with van der Waals surface area (Å²) < 4.78 is 33.3. The van der Waals surface area contributed by atoms with Crippen molar-refractivity contribution in [3.63, 3.8) is 0 Å². The number of rotatable bonds is 6. The van der Waals surface area contributed by atoms with Gasteiger partial charge in [-0.2, -0.15) is 4.31 Å².